The minimum atomic E-state index is -1.21. The first-order valence-corrected chi connectivity index (χ1v) is 10.4. The third-order valence-electron chi connectivity index (χ3n) is 9.17. The van der Waals surface area contributed by atoms with Crippen LogP contribution in [0, 0.1) is 34.0 Å². The van der Waals surface area contributed by atoms with Gasteiger partial charge in [-0.25, -0.2) is 0 Å². The highest BCUT2D eigenvalue weighted by Crippen LogP contribution is 2.74. The molecule has 0 aromatic heterocycles. The van der Waals surface area contributed by atoms with Crippen LogP contribution in [-0.2, 0) is 19.1 Å². The molecule has 154 valence electrons. The van der Waals surface area contributed by atoms with Crippen LogP contribution in [0.2, 0.25) is 0 Å². The second-order valence-electron chi connectivity index (χ2n) is 10.6. The number of carbonyl (C=O) groups is 2. The Morgan fingerprint density at radius 1 is 1.25 bits per heavy atom. The quantitative estimate of drug-likeness (QED) is 0.401. The zero-order valence-electron chi connectivity index (χ0n) is 17.0. The summed E-state index contributed by atoms with van der Waals surface area (Å²) in [4.78, 5) is 25.0. The van der Waals surface area contributed by atoms with Gasteiger partial charge in [-0.05, 0) is 36.2 Å². The maximum atomic E-state index is 13.4. The second kappa shape index (κ2) is 5.27. The van der Waals surface area contributed by atoms with Gasteiger partial charge < -0.3 is 19.7 Å². The molecule has 10 atom stereocenters. The fourth-order valence-corrected chi connectivity index (χ4v) is 8.03. The molecule has 28 heavy (non-hydrogen) atoms. The van der Waals surface area contributed by atoms with E-state index in [-0.39, 0.29) is 52.7 Å². The van der Waals surface area contributed by atoms with Crippen molar-refractivity contribution in [2.45, 2.75) is 77.5 Å². The van der Waals surface area contributed by atoms with Gasteiger partial charge in [-0.3, -0.25) is 9.59 Å². The molecule has 1 heterocycles. The van der Waals surface area contributed by atoms with E-state index < -0.39 is 23.5 Å². The molecule has 0 radical (unpaired) electrons. The van der Waals surface area contributed by atoms with Gasteiger partial charge in [0.05, 0.1) is 29.8 Å². The number of esters is 1. The number of aliphatic hydroxyl groups is 2. The van der Waals surface area contributed by atoms with E-state index in [4.69, 9.17) is 9.47 Å². The molecule has 0 aromatic rings. The number of aliphatic hydroxyl groups excluding tert-OH is 2. The summed E-state index contributed by atoms with van der Waals surface area (Å²) in [5, 5.41) is 22.6. The molecule has 4 aliphatic carbocycles. The van der Waals surface area contributed by atoms with E-state index in [1.807, 2.05) is 0 Å². The lowest BCUT2D eigenvalue weighted by Gasteiger charge is -2.65. The number of fused-ring (bicyclic) bond motifs is 6. The van der Waals surface area contributed by atoms with Crippen LogP contribution in [0.3, 0.4) is 0 Å². The van der Waals surface area contributed by atoms with Gasteiger partial charge in [0.25, 0.3) is 0 Å². The summed E-state index contributed by atoms with van der Waals surface area (Å²) in [6.07, 6.45) is -0.558. The number of carbonyl (C=O) groups excluding carboxylic acids is 2. The van der Waals surface area contributed by atoms with E-state index in [1.54, 1.807) is 0 Å². The number of ketones is 1. The van der Waals surface area contributed by atoms with Crippen molar-refractivity contribution in [3.8, 4) is 0 Å². The van der Waals surface area contributed by atoms with Gasteiger partial charge >= 0.3 is 5.97 Å². The molecule has 5 fully saturated rings. The average Bonchev–Trinajstić information content (AvgIpc) is 3.35. The lowest BCUT2D eigenvalue weighted by molar-refractivity contribution is -0.239. The summed E-state index contributed by atoms with van der Waals surface area (Å²) >= 11 is 0. The van der Waals surface area contributed by atoms with Gasteiger partial charge in [0.15, 0.2) is 5.78 Å². The number of ether oxygens (including phenoxy) is 2. The zero-order valence-corrected chi connectivity index (χ0v) is 17.0. The van der Waals surface area contributed by atoms with Gasteiger partial charge in [-0.2, -0.15) is 0 Å². The first-order chi connectivity index (χ1) is 13.0. The fraction of sp³-hybridized carbons (Fsp3) is 0.818. The normalized spacial score (nSPS) is 55.8. The predicted octanol–water partition coefficient (Wildman–Crippen LogP) is 1.62. The van der Waals surface area contributed by atoms with Crippen LogP contribution in [0.15, 0.2) is 12.2 Å². The fourth-order valence-electron chi connectivity index (χ4n) is 8.03. The first kappa shape index (κ1) is 18.8. The van der Waals surface area contributed by atoms with Gasteiger partial charge in [-0.15, -0.1) is 0 Å². The van der Waals surface area contributed by atoms with E-state index in [0.29, 0.717) is 18.4 Å². The molecule has 4 saturated carbocycles. The molecule has 0 aromatic carbocycles. The van der Waals surface area contributed by atoms with Crippen molar-refractivity contribution < 1.29 is 29.3 Å². The van der Waals surface area contributed by atoms with Crippen molar-refractivity contribution in [2.75, 3.05) is 0 Å². The van der Waals surface area contributed by atoms with Crippen LogP contribution in [0.1, 0.15) is 47.0 Å². The molecule has 5 aliphatic rings. The smallest absolute Gasteiger partial charge is 0.302 e. The van der Waals surface area contributed by atoms with E-state index in [0.717, 1.165) is 6.42 Å². The van der Waals surface area contributed by atoms with Crippen LogP contribution in [0.25, 0.3) is 0 Å². The van der Waals surface area contributed by atoms with Crippen molar-refractivity contribution >= 4 is 11.8 Å². The summed E-state index contributed by atoms with van der Waals surface area (Å²) in [5.41, 5.74) is -1.46. The maximum absolute atomic E-state index is 13.4. The second-order valence-corrected chi connectivity index (χ2v) is 10.6. The Kier molecular flexibility index (Phi) is 3.53. The summed E-state index contributed by atoms with van der Waals surface area (Å²) in [7, 11) is 0. The predicted molar refractivity (Wildman–Crippen MR) is 99.0 cm³/mol. The average molecular weight is 390 g/mol. The van der Waals surface area contributed by atoms with Crippen molar-refractivity contribution in [3.63, 3.8) is 0 Å². The third kappa shape index (κ3) is 1.86. The molecule has 1 spiro atoms. The topological polar surface area (TPSA) is 96.4 Å². The number of Topliss-reactive ketones (excluding diaryl/α,β-unsaturated/α-hetero) is 1. The third-order valence-corrected chi connectivity index (χ3v) is 9.17. The zero-order chi connectivity index (χ0) is 20.4. The Morgan fingerprint density at radius 2 is 1.93 bits per heavy atom. The molecule has 1 aliphatic heterocycles. The monoisotopic (exact) mass is 390 g/mol. The van der Waals surface area contributed by atoms with Crippen molar-refractivity contribution in [2.24, 2.45) is 34.0 Å². The Labute approximate surface area is 165 Å². The minimum absolute atomic E-state index is 0.0407. The molecular weight excluding hydrogens is 360 g/mol. The van der Waals surface area contributed by atoms with E-state index in [2.05, 4.69) is 27.4 Å². The number of hydrogen-bond donors (Lipinski definition) is 2. The molecule has 5 rings (SSSR count). The maximum Gasteiger partial charge on any atom is 0.302 e. The van der Waals surface area contributed by atoms with Crippen LogP contribution in [0.5, 0.6) is 0 Å². The highest BCUT2D eigenvalue weighted by molar-refractivity contribution is 6.05. The molecule has 6 nitrogen and oxygen atoms in total. The van der Waals surface area contributed by atoms with Gasteiger partial charge in [0.1, 0.15) is 6.10 Å². The van der Waals surface area contributed by atoms with Crippen molar-refractivity contribution in [3.05, 3.63) is 12.2 Å². The minimum Gasteiger partial charge on any atom is -0.462 e. The lowest BCUT2D eigenvalue weighted by atomic mass is 9.39. The van der Waals surface area contributed by atoms with E-state index >= 15 is 0 Å². The molecule has 6 heteroatoms. The molecule has 1 saturated heterocycles. The summed E-state index contributed by atoms with van der Waals surface area (Å²) < 4.78 is 11.7. The highest BCUT2D eigenvalue weighted by atomic mass is 16.6. The molecule has 1 unspecified atom stereocenters. The van der Waals surface area contributed by atoms with E-state index in [9.17, 15) is 19.8 Å². The molecule has 0 amide bonds. The summed E-state index contributed by atoms with van der Waals surface area (Å²) in [5.74, 6) is -1.07. The Morgan fingerprint density at radius 3 is 2.57 bits per heavy atom. The van der Waals surface area contributed by atoms with Gasteiger partial charge in [0.2, 0.25) is 0 Å². The van der Waals surface area contributed by atoms with Crippen molar-refractivity contribution in [1.29, 1.82) is 0 Å². The van der Waals surface area contributed by atoms with Gasteiger partial charge in [-0.1, -0.05) is 27.4 Å². The SMILES string of the molecule is C=C1C(=O)[C@@]23[C@H](O)CC4C(C)(C)[C@@H](OC(C)=O)CC[C@@]4(C)[C@@H]2[C@@H]2O[C@@H]2[C@@H]1[C@H]3O. The lowest BCUT2D eigenvalue weighted by Crippen LogP contribution is -2.70. The number of rotatable bonds is 1. The molecular formula is C22H30O6. The Bertz CT molecular complexity index is 788. The van der Waals surface area contributed by atoms with Crippen LogP contribution in [0.4, 0.5) is 0 Å². The number of hydrogen-bond acceptors (Lipinski definition) is 6. The highest BCUT2D eigenvalue weighted by Gasteiger charge is 2.82. The summed E-state index contributed by atoms with van der Waals surface area (Å²) in [6, 6.07) is 0. The largest absolute Gasteiger partial charge is 0.462 e. The Balaban J connectivity index is 1.62. The van der Waals surface area contributed by atoms with Crippen molar-refractivity contribution in [1.82, 2.24) is 0 Å². The van der Waals surface area contributed by atoms with Crippen LogP contribution < -0.4 is 0 Å². The summed E-state index contributed by atoms with van der Waals surface area (Å²) in [6.45, 7) is 11.8. The first-order valence-electron chi connectivity index (χ1n) is 10.4. The molecule has 2 N–H and O–H groups in total. The number of epoxide rings is 1. The Hall–Kier alpha value is -1.24. The van der Waals surface area contributed by atoms with Crippen LogP contribution in [-0.4, -0.2) is 52.5 Å². The van der Waals surface area contributed by atoms with Gasteiger partial charge in [0, 0.05) is 24.2 Å². The van der Waals surface area contributed by atoms with E-state index in [1.165, 1.54) is 6.92 Å². The van der Waals surface area contributed by atoms with Crippen LogP contribution >= 0.6 is 0 Å². The standard InChI is InChI=1S/C22H30O6/c1-9-14-15-16(28-15)17-21(5)7-6-13(27-10(2)23)20(3,4)11(21)8-12(24)22(17,18(9)25)19(14)26/h11-17,19,24,26H,1,6-8H2,2-5H3/t11?,12-,13+,14-,15-,16-,17+,19-,21-,22-/m1/s1. The molecule has 2 bridgehead atoms.